The maximum Gasteiger partial charge on any atom is 0.233 e. The van der Waals surface area contributed by atoms with E-state index in [4.69, 9.17) is 4.74 Å². The van der Waals surface area contributed by atoms with Crippen molar-refractivity contribution in [3.05, 3.63) is 24.3 Å². The fourth-order valence-electron chi connectivity index (χ4n) is 3.80. The summed E-state index contributed by atoms with van der Waals surface area (Å²) >= 11 is 1.49. The fourth-order valence-corrected chi connectivity index (χ4v) is 4.73. The maximum atomic E-state index is 12.2. The summed E-state index contributed by atoms with van der Waals surface area (Å²) < 4.78 is 7.55. The predicted molar refractivity (Wildman–Crippen MR) is 113 cm³/mol. The van der Waals surface area contributed by atoms with E-state index in [1.165, 1.54) is 31.0 Å². The van der Waals surface area contributed by atoms with E-state index in [-0.39, 0.29) is 11.2 Å². The molecule has 1 aromatic heterocycles. The first-order chi connectivity index (χ1) is 13.5. The number of nitrogens with zero attached hydrogens (tertiary/aromatic N) is 3. The fraction of sp³-hybridized carbons (Fsp3) is 0.571. The molecule has 0 unspecified atom stereocenters. The third kappa shape index (κ3) is 4.51. The Morgan fingerprint density at radius 3 is 2.64 bits per heavy atom. The van der Waals surface area contributed by atoms with E-state index in [1.807, 2.05) is 38.1 Å². The number of hydrogen-bond donors (Lipinski definition) is 1. The summed E-state index contributed by atoms with van der Waals surface area (Å²) in [5, 5.41) is 12.5. The number of thioether (sulfide) groups is 1. The smallest absolute Gasteiger partial charge is 0.233 e. The molecule has 7 heteroatoms. The lowest BCUT2D eigenvalue weighted by Crippen LogP contribution is -2.31. The van der Waals surface area contributed by atoms with Gasteiger partial charge in [0.25, 0.3) is 0 Å². The third-order valence-corrected chi connectivity index (χ3v) is 6.47. The van der Waals surface area contributed by atoms with Gasteiger partial charge in [-0.1, -0.05) is 31.5 Å². The van der Waals surface area contributed by atoms with Crippen LogP contribution in [0.15, 0.2) is 29.4 Å². The summed E-state index contributed by atoms with van der Waals surface area (Å²) in [4.78, 5) is 12.2. The zero-order chi connectivity index (χ0) is 20.1. The molecular weight excluding hydrogens is 372 g/mol. The molecule has 0 spiro atoms. The Bertz CT molecular complexity index is 790. The van der Waals surface area contributed by atoms with Crippen LogP contribution in [0, 0.1) is 5.92 Å². The third-order valence-electron chi connectivity index (χ3n) is 5.41. The highest BCUT2D eigenvalue weighted by Crippen LogP contribution is 2.39. The van der Waals surface area contributed by atoms with E-state index >= 15 is 0 Å². The van der Waals surface area contributed by atoms with Crippen LogP contribution in [0.2, 0.25) is 0 Å². The van der Waals surface area contributed by atoms with Gasteiger partial charge in [-0.25, -0.2) is 0 Å². The number of rotatable bonds is 7. The summed E-state index contributed by atoms with van der Waals surface area (Å²) in [6, 6.07) is 8.29. The van der Waals surface area contributed by atoms with Crippen molar-refractivity contribution in [1.82, 2.24) is 20.1 Å². The Hall–Kier alpha value is -2.02. The van der Waals surface area contributed by atoms with Gasteiger partial charge >= 0.3 is 0 Å². The molecular formula is C21H30N4O2S. The first kappa shape index (κ1) is 20.7. The number of ether oxygens (including phenoxy) is 1. The van der Waals surface area contributed by atoms with Gasteiger partial charge in [-0.2, -0.15) is 0 Å². The van der Waals surface area contributed by atoms with Gasteiger partial charge in [-0.15, -0.1) is 10.2 Å². The second kappa shape index (κ2) is 9.45. The van der Waals surface area contributed by atoms with E-state index in [9.17, 15) is 4.79 Å². The van der Waals surface area contributed by atoms with E-state index in [0.717, 1.165) is 28.7 Å². The van der Waals surface area contributed by atoms with E-state index in [0.29, 0.717) is 18.5 Å². The largest absolute Gasteiger partial charge is 0.497 e. The van der Waals surface area contributed by atoms with Crippen LogP contribution in [0.25, 0.3) is 11.4 Å². The molecule has 3 rings (SSSR count). The molecule has 28 heavy (non-hydrogen) atoms. The molecule has 1 aliphatic carbocycles. The molecule has 1 N–H and O–H groups in total. The van der Waals surface area contributed by atoms with Gasteiger partial charge in [-0.05, 0) is 56.9 Å². The van der Waals surface area contributed by atoms with Crippen molar-refractivity contribution in [3.63, 3.8) is 0 Å². The van der Waals surface area contributed by atoms with Crippen molar-refractivity contribution in [2.45, 2.75) is 62.9 Å². The topological polar surface area (TPSA) is 69.0 Å². The predicted octanol–water partition coefficient (Wildman–Crippen LogP) is 4.32. The summed E-state index contributed by atoms with van der Waals surface area (Å²) in [6.45, 7) is 6.80. The Kier molecular flexibility index (Phi) is 6.99. The molecule has 6 nitrogen and oxygen atoms in total. The van der Waals surface area contributed by atoms with Crippen LogP contribution in [0.1, 0.15) is 52.5 Å². The molecule has 0 saturated heterocycles. The van der Waals surface area contributed by atoms with Crippen LogP contribution in [-0.2, 0) is 4.79 Å². The summed E-state index contributed by atoms with van der Waals surface area (Å²) in [6.07, 6.45) is 4.81. The number of nitrogens with one attached hydrogen (secondary N) is 1. The zero-order valence-electron chi connectivity index (χ0n) is 17.1. The van der Waals surface area contributed by atoms with E-state index < -0.39 is 0 Å². The minimum atomic E-state index is -0.217. The van der Waals surface area contributed by atoms with Crippen molar-refractivity contribution >= 4 is 17.7 Å². The lowest BCUT2D eigenvalue weighted by Gasteiger charge is -2.31. The van der Waals surface area contributed by atoms with Gasteiger partial charge in [-0.3, -0.25) is 9.36 Å². The minimum Gasteiger partial charge on any atom is -0.497 e. The Labute approximate surface area is 171 Å². The van der Waals surface area contributed by atoms with Crippen LogP contribution in [0.5, 0.6) is 5.75 Å². The number of carbonyl (C=O) groups is 1. The molecule has 0 aliphatic heterocycles. The average Bonchev–Trinajstić information content (AvgIpc) is 3.11. The highest BCUT2D eigenvalue weighted by molar-refractivity contribution is 8.00. The standard InChI is InChI=1S/C21H30N4O2S/c1-5-22-20(26)15(3)28-21-24-23-19(16-10-12-17(27-4)13-11-16)25(21)18-9-7-6-8-14(18)2/h10-15,18H,5-9H2,1-4H3,(H,22,26)/t14-,15+,18-/m0/s1. The molecule has 1 amide bonds. The molecule has 2 aromatic rings. The molecule has 1 aliphatic rings. The summed E-state index contributed by atoms with van der Waals surface area (Å²) in [5.41, 5.74) is 1.02. The van der Waals surface area contributed by atoms with Crippen molar-refractivity contribution in [1.29, 1.82) is 0 Å². The first-order valence-electron chi connectivity index (χ1n) is 10.1. The molecule has 1 aromatic carbocycles. The lowest BCUT2D eigenvalue weighted by molar-refractivity contribution is -0.120. The van der Waals surface area contributed by atoms with Crippen molar-refractivity contribution in [3.8, 4) is 17.1 Å². The van der Waals surface area contributed by atoms with Crippen LogP contribution in [-0.4, -0.2) is 39.6 Å². The average molecular weight is 403 g/mol. The summed E-state index contributed by atoms with van der Waals surface area (Å²) in [7, 11) is 1.67. The monoisotopic (exact) mass is 402 g/mol. The van der Waals surface area contributed by atoms with Gasteiger partial charge in [0.1, 0.15) is 5.75 Å². The van der Waals surface area contributed by atoms with Crippen molar-refractivity contribution in [2.75, 3.05) is 13.7 Å². The van der Waals surface area contributed by atoms with Crippen LogP contribution in [0.4, 0.5) is 0 Å². The number of amides is 1. The van der Waals surface area contributed by atoms with Crippen molar-refractivity contribution in [2.24, 2.45) is 5.92 Å². The van der Waals surface area contributed by atoms with Crippen LogP contribution >= 0.6 is 11.8 Å². The first-order valence-corrected chi connectivity index (χ1v) is 11.0. The molecule has 1 heterocycles. The van der Waals surface area contributed by atoms with E-state index in [1.54, 1.807) is 7.11 Å². The van der Waals surface area contributed by atoms with Crippen molar-refractivity contribution < 1.29 is 9.53 Å². The van der Waals surface area contributed by atoms with Gasteiger partial charge in [0.05, 0.1) is 12.4 Å². The highest BCUT2D eigenvalue weighted by Gasteiger charge is 2.30. The molecule has 1 fully saturated rings. The number of carbonyl (C=O) groups excluding carboxylic acids is 1. The van der Waals surface area contributed by atoms with Gasteiger partial charge in [0.2, 0.25) is 5.91 Å². The number of aromatic nitrogens is 3. The normalized spacial score (nSPS) is 20.6. The second-order valence-corrected chi connectivity index (χ2v) is 8.70. The zero-order valence-corrected chi connectivity index (χ0v) is 18.0. The SMILES string of the molecule is CCNC(=O)[C@@H](C)Sc1nnc(-c2ccc(OC)cc2)n1[C@H]1CCCC[C@@H]1C. The maximum absolute atomic E-state index is 12.2. The molecule has 0 radical (unpaired) electrons. The Balaban J connectivity index is 1.97. The van der Waals surface area contributed by atoms with Gasteiger partial charge in [0.15, 0.2) is 11.0 Å². The molecule has 0 bridgehead atoms. The second-order valence-electron chi connectivity index (χ2n) is 7.39. The lowest BCUT2D eigenvalue weighted by atomic mass is 9.85. The van der Waals surface area contributed by atoms with Crippen LogP contribution < -0.4 is 10.1 Å². The quantitative estimate of drug-likeness (QED) is 0.699. The number of benzene rings is 1. The summed E-state index contributed by atoms with van der Waals surface area (Å²) in [5.74, 6) is 2.28. The minimum absolute atomic E-state index is 0.0322. The molecule has 3 atom stereocenters. The van der Waals surface area contributed by atoms with Crippen LogP contribution in [0.3, 0.4) is 0 Å². The molecule has 152 valence electrons. The highest BCUT2D eigenvalue weighted by atomic mass is 32.2. The number of methoxy groups -OCH3 is 1. The molecule has 1 saturated carbocycles. The Morgan fingerprint density at radius 2 is 2.00 bits per heavy atom. The van der Waals surface area contributed by atoms with Gasteiger partial charge < -0.3 is 10.1 Å². The Morgan fingerprint density at radius 1 is 1.29 bits per heavy atom. The van der Waals surface area contributed by atoms with E-state index in [2.05, 4.69) is 27.0 Å². The van der Waals surface area contributed by atoms with Gasteiger partial charge in [0, 0.05) is 18.2 Å². The number of hydrogen-bond acceptors (Lipinski definition) is 5.